The number of anilines is 2. The lowest BCUT2D eigenvalue weighted by molar-refractivity contribution is -0.886. The Hall–Kier alpha value is -3.90. The zero-order valence-corrected chi connectivity index (χ0v) is 18.6. The predicted molar refractivity (Wildman–Crippen MR) is 131 cm³/mol. The van der Waals surface area contributed by atoms with E-state index in [1.807, 2.05) is 18.2 Å². The number of quaternary nitrogens is 1. The topological polar surface area (TPSA) is 71.9 Å². The first-order chi connectivity index (χ1) is 16.1. The van der Waals surface area contributed by atoms with Crippen LogP contribution in [0, 0.1) is 0 Å². The molecule has 0 fully saturated rings. The van der Waals surface area contributed by atoms with Gasteiger partial charge in [0.05, 0.1) is 25.9 Å². The molecule has 0 bridgehead atoms. The first kappa shape index (κ1) is 22.3. The van der Waals surface area contributed by atoms with Crippen molar-refractivity contribution in [2.75, 3.05) is 37.4 Å². The summed E-state index contributed by atoms with van der Waals surface area (Å²) in [7, 11) is 1.56. The molecule has 1 aliphatic heterocycles. The molecular formula is C27H28N3O3+. The molecule has 3 aromatic carbocycles. The summed E-state index contributed by atoms with van der Waals surface area (Å²) in [6, 6.07) is 24.5. The molecular weight excluding hydrogens is 414 g/mol. The Morgan fingerprint density at radius 3 is 2.33 bits per heavy atom. The number of benzene rings is 3. The minimum absolute atomic E-state index is 0.0345. The van der Waals surface area contributed by atoms with Crippen LogP contribution < -0.4 is 20.3 Å². The maximum atomic E-state index is 12.5. The van der Waals surface area contributed by atoms with Crippen molar-refractivity contribution in [2.24, 2.45) is 0 Å². The van der Waals surface area contributed by atoms with Crippen LogP contribution in [0.25, 0.3) is 5.57 Å². The monoisotopic (exact) mass is 442 g/mol. The summed E-state index contributed by atoms with van der Waals surface area (Å²) in [5, 5.41) is 5.78. The van der Waals surface area contributed by atoms with Gasteiger partial charge in [0.2, 0.25) is 0 Å². The summed E-state index contributed by atoms with van der Waals surface area (Å²) in [6.07, 6.45) is 3.19. The standard InChI is InChI=1S/C27H27N3O3/c1-33-25-10-6-5-9-24(25)29-27(32)22-11-13-23(14-12-22)28-26(31)19-30-17-15-21(16-18-30)20-7-3-2-4-8-20/h2-15H,16-19H2,1H3,(H,28,31)(H,29,32)/p+1. The van der Waals surface area contributed by atoms with Crippen molar-refractivity contribution in [2.45, 2.75) is 6.42 Å². The second kappa shape index (κ2) is 10.6. The minimum atomic E-state index is -0.240. The van der Waals surface area contributed by atoms with E-state index in [2.05, 4.69) is 41.0 Å². The average Bonchev–Trinajstić information content (AvgIpc) is 2.86. The summed E-state index contributed by atoms with van der Waals surface area (Å²) < 4.78 is 5.27. The van der Waals surface area contributed by atoms with Crippen molar-refractivity contribution in [1.29, 1.82) is 0 Å². The smallest absolute Gasteiger partial charge is 0.279 e. The average molecular weight is 443 g/mol. The number of nitrogens with one attached hydrogen (secondary N) is 3. The first-order valence-electron chi connectivity index (χ1n) is 11.0. The van der Waals surface area contributed by atoms with E-state index >= 15 is 0 Å². The number of carbonyl (C=O) groups is 2. The zero-order valence-electron chi connectivity index (χ0n) is 18.6. The van der Waals surface area contributed by atoms with Gasteiger partial charge in [-0.2, -0.15) is 0 Å². The molecule has 3 N–H and O–H groups in total. The van der Waals surface area contributed by atoms with Crippen molar-refractivity contribution in [3.05, 3.63) is 96.1 Å². The summed E-state index contributed by atoms with van der Waals surface area (Å²) in [5.41, 5.74) is 4.39. The second-order valence-corrected chi connectivity index (χ2v) is 8.01. The molecule has 3 aromatic rings. The number of para-hydroxylation sites is 2. The third-order valence-electron chi connectivity index (χ3n) is 5.73. The van der Waals surface area contributed by atoms with Crippen LogP contribution in [0.15, 0.2) is 84.9 Å². The van der Waals surface area contributed by atoms with Gasteiger partial charge in [-0.1, -0.05) is 42.5 Å². The highest BCUT2D eigenvalue weighted by atomic mass is 16.5. The van der Waals surface area contributed by atoms with Crippen LogP contribution in [-0.4, -0.2) is 38.6 Å². The summed E-state index contributed by atoms with van der Waals surface area (Å²) in [4.78, 5) is 26.3. The molecule has 168 valence electrons. The minimum Gasteiger partial charge on any atom is -0.495 e. The Balaban J connectivity index is 1.29. The van der Waals surface area contributed by atoms with Gasteiger partial charge in [-0.05, 0) is 53.6 Å². The SMILES string of the molecule is COc1ccccc1NC(=O)c1ccc(NC(=O)C[NH+]2CC=C(c3ccccc3)CC2)cc1. The third-order valence-corrected chi connectivity index (χ3v) is 5.73. The lowest BCUT2D eigenvalue weighted by atomic mass is 10.00. The van der Waals surface area contributed by atoms with Gasteiger partial charge in [0.15, 0.2) is 6.54 Å². The second-order valence-electron chi connectivity index (χ2n) is 8.01. The van der Waals surface area contributed by atoms with Crippen LogP contribution in [0.5, 0.6) is 5.75 Å². The Kier molecular flexibility index (Phi) is 7.17. The maximum Gasteiger partial charge on any atom is 0.279 e. The largest absolute Gasteiger partial charge is 0.495 e. The number of amides is 2. The van der Waals surface area contributed by atoms with Crippen LogP contribution in [0.4, 0.5) is 11.4 Å². The van der Waals surface area contributed by atoms with Gasteiger partial charge in [0.25, 0.3) is 11.8 Å². The van der Waals surface area contributed by atoms with Crippen molar-refractivity contribution >= 4 is 28.8 Å². The lowest BCUT2D eigenvalue weighted by Crippen LogP contribution is -3.13. The van der Waals surface area contributed by atoms with Gasteiger partial charge in [0, 0.05) is 17.7 Å². The fraction of sp³-hybridized carbons (Fsp3) is 0.185. The molecule has 1 aliphatic rings. The van der Waals surface area contributed by atoms with E-state index in [0.29, 0.717) is 29.2 Å². The van der Waals surface area contributed by atoms with Crippen molar-refractivity contribution in [3.8, 4) is 5.75 Å². The molecule has 2 amide bonds. The molecule has 0 spiro atoms. The van der Waals surface area contributed by atoms with Crippen LogP contribution in [-0.2, 0) is 4.79 Å². The molecule has 1 unspecified atom stereocenters. The summed E-state index contributed by atoms with van der Waals surface area (Å²) in [5.74, 6) is 0.324. The molecule has 1 atom stereocenters. The van der Waals surface area contributed by atoms with Crippen LogP contribution in [0.2, 0.25) is 0 Å². The van der Waals surface area contributed by atoms with Crippen molar-refractivity contribution in [1.82, 2.24) is 0 Å². The molecule has 0 saturated heterocycles. The van der Waals surface area contributed by atoms with Crippen LogP contribution in [0.1, 0.15) is 22.3 Å². The molecule has 6 nitrogen and oxygen atoms in total. The van der Waals surface area contributed by atoms with Gasteiger partial charge in [0.1, 0.15) is 5.75 Å². The molecule has 1 heterocycles. The molecule has 4 rings (SSSR count). The number of carbonyl (C=O) groups excluding carboxylic acids is 2. The number of hydrogen-bond acceptors (Lipinski definition) is 3. The van der Waals surface area contributed by atoms with Crippen LogP contribution >= 0.6 is 0 Å². The number of rotatable bonds is 7. The van der Waals surface area contributed by atoms with Gasteiger partial charge in [-0.15, -0.1) is 0 Å². The molecule has 0 radical (unpaired) electrons. The molecule has 0 aromatic heterocycles. The van der Waals surface area contributed by atoms with E-state index in [1.54, 1.807) is 43.5 Å². The van der Waals surface area contributed by atoms with Gasteiger partial charge >= 0.3 is 0 Å². The number of ether oxygens (including phenoxy) is 1. The van der Waals surface area contributed by atoms with E-state index < -0.39 is 0 Å². The molecule has 0 saturated carbocycles. The van der Waals surface area contributed by atoms with E-state index in [9.17, 15) is 9.59 Å². The summed E-state index contributed by atoms with van der Waals surface area (Å²) in [6.45, 7) is 2.17. The van der Waals surface area contributed by atoms with Crippen LogP contribution in [0.3, 0.4) is 0 Å². The molecule has 33 heavy (non-hydrogen) atoms. The Labute approximate surface area is 193 Å². The fourth-order valence-corrected chi connectivity index (χ4v) is 3.94. The third kappa shape index (κ3) is 5.87. The maximum absolute atomic E-state index is 12.5. The highest BCUT2D eigenvalue weighted by molar-refractivity contribution is 6.05. The Bertz CT molecular complexity index is 1140. The normalized spacial score (nSPS) is 15.3. The van der Waals surface area contributed by atoms with E-state index in [0.717, 1.165) is 19.5 Å². The van der Waals surface area contributed by atoms with Gasteiger partial charge in [-0.3, -0.25) is 9.59 Å². The van der Waals surface area contributed by atoms with Crippen molar-refractivity contribution < 1.29 is 19.2 Å². The predicted octanol–water partition coefficient (Wildman–Crippen LogP) is 3.26. The van der Waals surface area contributed by atoms with Crippen molar-refractivity contribution in [3.63, 3.8) is 0 Å². The Morgan fingerprint density at radius 1 is 0.909 bits per heavy atom. The molecule has 0 aliphatic carbocycles. The highest BCUT2D eigenvalue weighted by Crippen LogP contribution is 2.24. The zero-order chi connectivity index (χ0) is 23.0. The Morgan fingerprint density at radius 2 is 1.64 bits per heavy atom. The quantitative estimate of drug-likeness (QED) is 0.526. The highest BCUT2D eigenvalue weighted by Gasteiger charge is 2.19. The van der Waals surface area contributed by atoms with E-state index in [-0.39, 0.29) is 11.8 Å². The first-order valence-corrected chi connectivity index (χ1v) is 11.0. The number of hydrogen-bond donors (Lipinski definition) is 3. The summed E-state index contributed by atoms with van der Waals surface area (Å²) >= 11 is 0. The van der Waals surface area contributed by atoms with Gasteiger partial charge < -0.3 is 20.3 Å². The van der Waals surface area contributed by atoms with Gasteiger partial charge in [-0.25, -0.2) is 0 Å². The lowest BCUT2D eigenvalue weighted by Gasteiger charge is -2.23. The molecule has 6 heteroatoms. The fourth-order valence-electron chi connectivity index (χ4n) is 3.94. The van der Waals surface area contributed by atoms with E-state index in [4.69, 9.17) is 4.74 Å². The number of methoxy groups -OCH3 is 1. The van der Waals surface area contributed by atoms with E-state index in [1.165, 1.54) is 16.0 Å².